The van der Waals surface area contributed by atoms with Crippen LogP contribution in [0.3, 0.4) is 0 Å². The van der Waals surface area contributed by atoms with Gasteiger partial charge in [-0.3, -0.25) is 4.79 Å². The smallest absolute Gasteiger partial charge is 0.307 e. The number of allylic oxidation sites excluding steroid dienone is 1. The third kappa shape index (κ3) is 3.49. The summed E-state index contributed by atoms with van der Waals surface area (Å²) in [6, 6.07) is 5.72. The molecule has 0 saturated carbocycles. The van der Waals surface area contributed by atoms with E-state index >= 15 is 0 Å². The lowest BCUT2D eigenvalue weighted by atomic mass is 10.1. The van der Waals surface area contributed by atoms with E-state index in [4.69, 9.17) is 14.6 Å². The summed E-state index contributed by atoms with van der Waals surface area (Å²) >= 11 is 0. The summed E-state index contributed by atoms with van der Waals surface area (Å²) in [5.41, 5.74) is 1.07. The number of fused-ring (bicyclic) bond motifs is 1. The Kier molecular flexibility index (Phi) is 4.54. The van der Waals surface area contributed by atoms with Crippen molar-refractivity contribution < 1.29 is 24.9 Å². The average molecular weight is 238 g/mol. The Morgan fingerprint density at radius 1 is 1.29 bits per heavy atom. The largest absolute Gasteiger partial charge is 0.481 e. The van der Waals surface area contributed by atoms with Crippen LogP contribution in [0.25, 0.3) is 0 Å². The number of hydrogen-bond acceptors (Lipinski definition) is 3. The van der Waals surface area contributed by atoms with Crippen LogP contribution in [0.1, 0.15) is 12.0 Å². The minimum Gasteiger partial charge on any atom is -0.481 e. The van der Waals surface area contributed by atoms with Crippen LogP contribution < -0.4 is 9.47 Å². The van der Waals surface area contributed by atoms with Gasteiger partial charge in [-0.15, -0.1) is 0 Å². The van der Waals surface area contributed by atoms with Gasteiger partial charge in [0.15, 0.2) is 11.5 Å². The van der Waals surface area contributed by atoms with Gasteiger partial charge in [-0.05, 0) is 24.1 Å². The van der Waals surface area contributed by atoms with Crippen LogP contribution in [-0.2, 0) is 11.2 Å². The van der Waals surface area contributed by atoms with Gasteiger partial charge in [0.1, 0.15) is 0 Å². The van der Waals surface area contributed by atoms with E-state index in [-0.39, 0.29) is 18.7 Å². The number of benzene rings is 1. The first-order chi connectivity index (χ1) is 7.75. The number of hydrogen-bond donors (Lipinski definition) is 1. The second kappa shape index (κ2) is 5.91. The maximum atomic E-state index is 10.3. The molecule has 5 nitrogen and oxygen atoms in total. The second-order valence-electron chi connectivity index (χ2n) is 3.46. The first-order valence-corrected chi connectivity index (χ1v) is 5.01. The summed E-state index contributed by atoms with van der Waals surface area (Å²) in [7, 11) is 0. The SMILES string of the molecule is O.O=C(O)C/C=C/Cc1ccc2c(c1)OCO2. The Morgan fingerprint density at radius 3 is 2.82 bits per heavy atom. The molecule has 0 saturated heterocycles. The number of ether oxygens (including phenoxy) is 2. The highest BCUT2D eigenvalue weighted by Gasteiger charge is 2.12. The zero-order chi connectivity index (χ0) is 11.4. The maximum absolute atomic E-state index is 10.3. The van der Waals surface area contributed by atoms with E-state index in [1.165, 1.54) is 0 Å². The van der Waals surface area contributed by atoms with E-state index in [1.54, 1.807) is 6.08 Å². The van der Waals surface area contributed by atoms with Gasteiger partial charge in [0.2, 0.25) is 6.79 Å². The molecule has 1 aliphatic heterocycles. The van der Waals surface area contributed by atoms with Crippen LogP contribution in [0.15, 0.2) is 30.4 Å². The number of carboxylic acid groups (broad SMARTS) is 1. The first-order valence-electron chi connectivity index (χ1n) is 5.01. The third-order valence-electron chi connectivity index (χ3n) is 2.25. The molecule has 3 N–H and O–H groups in total. The van der Waals surface area contributed by atoms with Crippen molar-refractivity contribution in [2.24, 2.45) is 0 Å². The molecule has 92 valence electrons. The Labute approximate surface area is 98.6 Å². The van der Waals surface area contributed by atoms with Crippen LogP contribution in [0.2, 0.25) is 0 Å². The van der Waals surface area contributed by atoms with E-state index in [2.05, 4.69) is 0 Å². The summed E-state index contributed by atoms with van der Waals surface area (Å²) < 4.78 is 10.4. The summed E-state index contributed by atoms with van der Waals surface area (Å²) in [6.45, 7) is 0.271. The molecule has 0 spiro atoms. The maximum Gasteiger partial charge on any atom is 0.307 e. The lowest BCUT2D eigenvalue weighted by Crippen LogP contribution is -1.92. The molecule has 2 rings (SSSR count). The summed E-state index contributed by atoms with van der Waals surface area (Å²) in [6.07, 6.45) is 4.24. The van der Waals surface area contributed by atoms with Crippen LogP contribution in [0.4, 0.5) is 0 Å². The predicted octanol–water partition coefficient (Wildman–Crippen LogP) is 1.16. The second-order valence-corrected chi connectivity index (χ2v) is 3.46. The molecule has 1 aliphatic rings. The molecule has 17 heavy (non-hydrogen) atoms. The minimum absolute atomic E-state index is 0. The van der Waals surface area contributed by atoms with Gasteiger partial charge in [-0.2, -0.15) is 0 Å². The van der Waals surface area contributed by atoms with Crippen molar-refractivity contribution in [1.82, 2.24) is 0 Å². The van der Waals surface area contributed by atoms with Crippen LogP contribution in [0.5, 0.6) is 11.5 Å². The van der Waals surface area contributed by atoms with Gasteiger partial charge >= 0.3 is 5.97 Å². The number of aliphatic carboxylic acids is 1. The molecule has 1 heterocycles. The average Bonchev–Trinajstić information content (AvgIpc) is 2.71. The van der Waals surface area contributed by atoms with Crippen molar-refractivity contribution in [2.75, 3.05) is 6.79 Å². The molecule has 0 amide bonds. The molecular formula is C12H14O5. The molecule has 1 aromatic rings. The first kappa shape index (κ1) is 13.1. The fraction of sp³-hybridized carbons (Fsp3) is 0.250. The van der Waals surface area contributed by atoms with E-state index in [0.717, 1.165) is 17.1 Å². The number of carboxylic acids is 1. The Morgan fingerprint density at radius 2 is 2.06 bits per heavy atom. The van der Waals surface area contributed by atoms with Crippen molar-refractivity contribution >= 4 is 5.97 Å². The van der Waals surface area contributed by atoms with E-state index < -0.39 is 5.97 Å². The Balaban J connectivity index is 0.00000144. The summed E-state index contributed by atoms with van der Waals surface area (Å²) in [5.74, 6) is 0.698. The predicted molar refractivity (Wildman–Crippen MR) is 61.3 cm³/mol. The van der Waals surface area contributed by atoms with E-state index in [0.29, 0.717) is 6.42 Å². The molecular weight excluding hydrogens is 224 g/mol. The Bertz CT molecular complexity index is 425. The molecule has 0 aliphatic carbocycles. The molecule has 5 heteroatoms. The Hall–Kier alpha value is -2.01. The minimum atomic E-state index is -0.818. The van der Waals surface area contributed by atoms with Gasteiger partial charge in [0.05, 0.1) is 6.42 Å². The van der Waals surface area contributed by atoms with Gasteiger partial charge in [-0.1, -0.05) is 18.2 Å². The lowest BCUT2D eigenvalue weighted by Gasteiger charge is -1.99. The van der Waals surface area contributed by atoms with Crippen LogP contribution in [-0.4, -0.2) is 23.3 Å². The fourth-order valence-electron chi connectivity index (χ4n) is 1.47. The molecule has 1 aromatic carbocycles. The van der Waals surface area contributed by atoms with Crippen molar-refractivity contribution in [1.29, 1.82) is 0 Å². The van der Waals surface area contributed by atoms with Crippen LogP contribution >= 0.6 is 0 Å². The van der Waals surface area contributed by atoms with Gasteiger partial charge in [0.25, 0.3) is 0 Å². The standard InChI is InChI=1S/C12H12O4.H2O/c13-12(14)4-2-1-3-9-5-6-10-11(7-9)16-8-15-10;/h1-2,5-7H,3-4,8H2,(H,13,14);1H2/b2-1+;. The normalized spacial score (nSPS) is 12.5. The van der Waals surface area contributed by atoms with Crippen molar-refractivity contribution in [3.05, 3.63) is 35.9 Å². The molecule has 0 unspecified atom stereocenters. The monoisotopic (exact) mass is 238 g/mol. The van der Waals surface area contributed by atoms with Crippen LogP contribution in [0, 0.1) is 0 Å². The summed E-state index contributed by atoms with van der Waals surface area (Å²) in [5, 5.41) is 8.45. The topological polar surface area (TPSA) is 87.3 Å². The molecule has 0 radical (unpaired) electrons. The van der Waals surface area contributed by atoms with Crippen molar-refractivity contribution in [3.63, 3.8) is 0 Å². The zero-order valence-electron chi connectivity index (χ0n) is 9.18. The van der Waals surface area contributed by atoms with Crippen molar-refractivity contribution in [2.45, 2.75) is 12.8 Å². The quantitative estimate of drug-likeness (QED) is 0.797. The lowest BCUT2D eigenvalue weighted by molar-refractivity contribution is -0.136. The van der Waals surface area contributed by atoms with E-state index in [9.17, 15) is 4.79 Å². The highest BCUT2D eigenvalue weighted by Crippen LogP contribution is 2.32. The van der Waals surface area contributed by atoms with Gasteiger partial charge in [-0.25, -0.2) is 0 Å². The van der Waals surface area contributed by atoms with E-state index in [1.807, 2.05) is 24.3 Å². The highest BCUT2D eigenvalue weighted by molar-refractivity contribution is 5.68. The zero-order valence-corrected chi connectivity index (χ0v) is 9.18. The van der Waals surface area contributed by atoms with Gasteiger partial charge in [0, 0.05) is 0 Å². The molecule has 0 bridgehead atoms. The van der Waals surface area contributed by atoms with Gasteiger partial charge < -0.3 is 20.1 Å². The molecule has 0 fully saturated rings. The highest BCUT2D eigenvalue weighted by atomic mass is 16.7. The molecule has 0 atom stereocenters. The number of carbonyl (C=O) groups is 1. The molecule has 0 aromatic heterocycles. The third-order valence-corrected chi connectivity index (χ3v) is 2.25. The fourth-order valence-corrected chi connectivity index (χ4v) is 1.47. The van der Waals surface area contributed by atoms with Crippen molar-refractivity contribution in [3.8, 4) is 11.5 Å². The number of rotatable bonds is 4. The summed E-state index contributed by atoms with van der Waals surface area (Å²) in [4.78, 5) is 10.3.